The Morgan fingerprint density at radius 3 is 2.21 bits per heavy atom. The van der Waals surface area contributed by atoms with E-state index < -0.39 is 14.4 Å². The summed E-state index contributed by atoms with van der Waals surface area (Å²) in [7, 11) is -1.97. The average Bonchev–Trinajstić information content (AvgIpc) is 2.27. The summed E-state index contributed by atoms with van der Waals surface area (Å²) in [6, 6.07) is 0. The molecule has 0 aromatic heterocycles. The number of carbonyl (C=O) groups excluding carboxylic acids is 2. The highest BCUT2D eigenvalue weighted by Crippen LogP contribution is 2.40. The molecule has 0 unspecified atom stereocenters. The van der Waals surface area contributed by atoms with E-state index in [4.69, 9.17) is 9.16 Å². The van der Waals surface area contributed by atoms with Gasteiger partial charge >= 0.3 is 5.97 Å². The van der Waals surface area contributed by atoms with Gasteiger partial charge in [-0.25, -0.2) is 0 Å². The zero-order chi connectivity index (χ0) is 15.0. The van der Waals surface area contributed by atoms with E-state index in [1.165, 1.54) is 0 Å². The van der Waals surface area contributed by atoms with Crippen LogP contribution in [0.1, 0.15) is 34.6 Å². The maximum Gasteiger partial charge on any atom is 0.311 e. The normalized spacial score (nSPS) is 32.9. The highest BCUT2D eigenvalue weighted by molar-refractivity contribution is 6.74. The second-order valence-electron chi connectivity index (χ2n) is 7.03. The number of hydrogen-bond acceptors (Lipinski definition) is 4. The van der Waals surface area contributed by atoms with E-state index in [2.05, 4.69) is 33.9 Å². The Morgan fingerprint density at radius 2 is 1.79 bits per heavy atom. The van der Waals surface area contributed by atoms with Gasteiger partial charge in [0.05, 0.1) is 12.0 Å². The largest absolute Gasteiger partial charge is 0.454 e. The van der Waals surface area contributed by atoms with Crippen molar-refractivity contribution in [3.8, 4) is 0 Å². The number of cyclic esters (lactones) is 1. The van der Waals surface area contributed by atoms with Crippen molar-refractivity contribution in [2.75, 3.05) is 0 Å². The second kappa shape index (κ2) is 5.36. The first-order valence-electron chi connectivity index (χ1n) is 6.85. The molecule has 0 amide bonds. The summed E-state index contributed by atoms with van der Waals surface area (Å²) in [5.74, 6) is -0.751. The topological polar surface area (TPSA) is 52.6 Å². The Kier molecular flexibility index (Phi) is 4.62. The molecule has 4 nitrogen and oxygen atoms in total. The number of aldehydes is 1. The lowest BCUT2D eigenvalue weighted by Gasteiger charge is -2.45. The van der Waals surface area contributed by atoms with E-state index in [1.807, 2.05) is 13.8 Å². The number of carbonyl (C=O) groups is 2. The van der Waals surface area contributed by atoms with Gasteiger partial charge in [0.1, 0.15) is 0 Å². The van der Waals surface area contributed by atoms with Crippen LogP contribution in [0.4, 0.5) is 0 Å². The van der Waals surface area contributed by atoms with E-state index in [9.17, 15) is 9.59 Å². The number of ether oxygens (including phenoxy) is 1. The van der Waals surface area contributed by atoms with Crippen LogP contribution < -0.4 is 0 Å². The SMILES string of the molecule is C[C@@H]1[C@H](O[Si](C)(C)C(C)(C)C)[C@@H](C)C(=O)O[C@@H]1C=O. The molecule has 0 saturated carbocycles. The molecule has 1 aliphatic rings. The molecule has 1 heterocycles. The van der Waals surface area contributed by atoms with E-state index in [0.717, 1.165) is 0 Å². The van der Waals surface area contributed by atoms with Crippen LogP contribution >= 0.6 is 0 Å². The van der Waals surface area contributed by atoms with Gasteiger partial charge in [-0.3, -0.25) is 9.59 Å². The van der Waals surface area contributed by atoms with Crippen LogP contribution in [-0.4, -0.2) is 32.8 Å². The van der Waals surface area contributed by atoms with Crippen LogP contribution in [-0.2, 0) is 18.8 Å². The number of rotatable bonds is 3. The van der Waals surface area contributed by atoms with Crippen LogP contribution in [0.2, 0.25) is 18.1 Å². The van der Waals surface area contributed by atoms with Gasteiger partial charge in [0, 0.05) is 5.92 Å². The minimum Gasteiger partial charge on any atom is -0.454 e. The van der Waals surface area contributed by atoms with Crippen LogP contribution in [0.3, 0.4) is 0 Å². The fourth-order valence-corrected chi connectivity index (χ4v) is 3.46. The first-order chi connectivity index (χ1) is 8.51. The molecule has 0 radical (unpaired) electrons. The Balaban J connectivity index is 2.96. The quantitative estimate of drug-likeness (QED) is 0.455. The van der Waals surface area contributed by atoms with Gasteiger partial charge in [0.15, 0.2) is 20.7 Å². The molecule has 1 saturated heterocycles. The minimum absolute atomic E-state index is 0.0739. The molecule has 0 N–H and O–H groups in total. The lowest BCUT2D eigenvalue weighted by atomic mass is 9.87. The molecule has 5 heteroatoms. The average molecular weight is 286 g/mol. The Hall–Kier alpha value is -0.683. The fraction of sp³-hybridized carbons (Fsp3) is 0.857. The maximum atomic E-state index is 11.8. The second-order valence-corrected chi connectivity index (χ2v) is 11.8. The first kappa shape index (κ1) is 16.4. The van der Waals surface area contributed by atoms with Gasteiger partial charge in [-0.05, 0) is 25.1 Å². The van der Waals surface area contributed by atoms with E-state index in [0.29, 0.717) is 6.29 Å². The van der Waals surface area contributed by atoms with Crippen LogP contribution in [0.5, 0.6) is 0 Å². The van der Waals surface area contributed by atoms with Crippen LogP contribution in [0, 0.1) is 11.8 Å². The zero-order valence-corrected chi connectivity index (χ0v) is 14.0. The molecule has 1 rings (SSSR count). The summed E-state index contributed by atoms with van der Waals surface area (Å²) in [4.78, 5) is 22.8. The zero-order valence-electron chi connectivity index (χ0n) is 13.0. The summed E-state index contributed by atoms with van der Waals surface area (Å²) >= 11 is 0. The molecule has 1 fully saturated rings. The Bertz CT molecular complexity index is 359. The molecule has 0 aromatic rings. The van der Waals surface area contributed by atoms with E-state index in [-0.39, 0.29) is 28.9 Å². The van der Waals surface area contributed by atoms with Crippen molar-refractivity contribution in [1.29, 1.82) is 0 Å². The summed E-state index contributed by atoms with van der Waals surface area (Å²) < 4.78 is 11.5. The highest BCUT2D eigenvalue weighted by Gasteiger charge is 2.47. The van der Waals surface area contributed by atoms with Crippen molar-refractivity contribution in [3.05, 3.63) is 0 Å². The minimum atomic E-state index is -1.97. The number of esters is 1. The summed E-state index contributed by atoms with van der Waals surface area (Å²) in [6.45, 7) is 14.5. The molecule has 0 bridgehead atoms. The van der Waals surface area contributed by atoms with Gasteiger partial charge in [-0.15, -0.1) is 0 Å². The summed E-state index contributed by atoms with van der Waals surface area (Å²) in [6.07, 6.45) is -0.216. The van der Waals surface area contributed by atoms with Gasteiger partial charge in [0.2, 0.25) is 0 Å². The van der Waals surface area contributed by atoms with E-state index >= 15 is 0 Å². The van der Waals surface area contributed by atoms with Crippen molar-refractivity contribution in [1.82, 2.24) is 0 Å². The lowest BCUT2D eigenvalue weighted by Crippen LogP contribution is -2.54. The molecule has 110 valence electrons. The third-order valence-electron chi connectivity index (χ3n) is 4.52. The Morgan fingerprint density at radius 1 is 1.26 bits per heavy atom. The first-order valence-corrected chi connectivity index (χ1v) is 9.75. The Labute approximate surface area is 117 Å². The van der Waals surface area contributed by atoms with Crippen LogP contribution in [0.15, 0.2) is 0 Å². The predicted molar refractivity (Wildman–Crippen MR) is 76.3 cm³/mol. The molecular weight excluding hydrogens is 260 g/mol. The molecule has 0 spiro atoms. The fourth-order valence-electron chi connectivity index (χ4n) is 2.00. The summed E-state index contributed by atoms with van der Waals surface area (Å²) in [5.41, 5.74) is 0. The number of hydrogen-bond donors (Lipinski definition) is 0. The van der Waals surface area contributed by atoms with Crippen molar-refractivity contribution in [2.24, 2.45) is 11.8 Å². The van der Waals surface area contributed by atoms with Gasteiger partial charge in [-0.1, -0.05) is 27.7 Å². The third-order valence-corrected chi connectivity index (χ3v) is 9.00. The molecule has 1 aliphatic heterocycles. The predicted octanol–water partition coefficient (Wildman–Crippen LogP) is 2.77. The van der Waals surface area contributed by atoms with Gasteiger partial charge < -0.3 is 9.16 Å². The molecule has 19 heavy (non-hydrogen) atoms. The summed E-state index contributed by atoms with van der Waals surface area (Å²) in [5, 5.41) is 0.0739. The smallest absolute Gasteiger partial charge is 0.311 e. The molecule has 4 atom stereocenters. The van der Waals surface area contributed by atoms with Gasteiger partial charge in [0.25, 0.3) is 0 Å². The third kappa shape index (κ3) is 3.26. The standard InChI is InChI=1S/C14H26O4Si/c1-9-11(8-15)17-13(16)10(2)12(9)18-19(6,7)14(3,4)5/h8-12H,1-7H3/t9-,10+,11+,12-/m0/s1. The molecule has 0 aliphatic carbocycles. The maximum absolute atomic E-state index is 11.8. The molecular formula is C14H26O4Si. The van der Waals surface area contributed by atoms with E-state index in [1.54, 1.807) is 0 Å². The monoisotopic (exact) mass is 286 g/mol. The van der Waals surface area contributed by atoms with Gasteiger partial charge in [-0.2, -0.15) is 0 Å². The van der Waals surface area contributed by atoms with Crippen molar-refractivity contribution in [2.45, 2.75) is 65.0 Å². The van der Waals surface area contributed by atoms with Crippen molar-refractivity contribution in [3.63, 3.8) is 0 Å². The highest BCUT2D eigenvalue weighted by atomic mass is 28.4. The van der Waals surface area contributed by atoms with Crippen molar-refractivity contribution < 1.29 is 18.8 Å². The van der Waals surface area contributed by atoms with Crippen molar-refractivity contribution >= 4 is 20.6 Å². The van der Waals surface area contributed by atoms with Crippen LogP contribution in [0.25, 0.3) is 0 Å². The molecule has 0 aromatic carbocycles. The lowest BCUT2D eigenvalue weighted by molar-refractivity contribution is -0.176.